The number of rotatable bonds is 24. The van der Waals surface area contributed by atoms with E-state index in [1.165, 1.54) is 0 Å². The van der Waals surface area contributed by atoms with Gasteiger partial charge in [0.1, 0.15) is 12.1 Å². The van der Waals surface area contributed by atoms with Gasteiger partial charge in [0.05, 0.1) is 5.75 Å². The molecule has 0 aliphatic carbocycles. The lowest BCUT2D eigenvalue weighted by atomic mass is 10.1. The summed E-state index contributed by atoms with van der Waals surface area (Å²) >= 11 is 0. The van der Waals surface area contributed by atoms with E-state index in [0.717, 1.165) is 0 Å². The second-order valence-corrected chi connectivity index (χ2v) is 11.4. The first kappa shape index (κ1) is 39.7. The molecule has 18 nitrogen and oxygen atoms in total. The first-order valence-electron chi connectivity index (χ1n) is 13.9. The molecule has 0 heterocycles. The molecular weight excluding hydrogens is 610 g/mol. The van der Waals surface area contributed by atoms with Crippen molar-refractivity contribution in [1.29, 1.82) is 0 Å². The van der Waals surface area contributed by atoms with Crippen LogP contribution in [0.25, 0.3) is 0 Å². The monoisotopic (exact) mass is 651 g/mol. The molecule has 19 heteroatoms. The van der Waals surface area contributed by atoms with Crippen molar-refractivity contribution in [3.63, 3.8) is 0 Å². The van der Waals surface area contributed by atoms with Crippen LogP contribution in [0.5, 0.6) is 0 Å². The summed E-state index contributed by atoms with van der Waals surface area (Å²) in [5.74, 6) is -7.62. The van der Waals surface area contributed by atoms with Crippen molar-refractivity contribution in [2.45, 2.75) is 89.6 Å². The van der Waals surface area contributed by atoms with Gasteiger partial charge in [0.15, 0.2) is 0 Å². The highest BCUT2D eigenvalue weighted by molar-refractivity contribution is 7.90. The Kier molecular flexibility index (Phi) is 19.3. The zero-order valence-electron chi connectivity index (χ0n) is 24.4. The third kappa shape index (κ3) is 20.6. The van der Waals surface area contributed by atoms with Crippen LogP contribution in [0.4, 0.5) is 0 Å². The number of carbonyl (C=O) groups is 8. The second-order valence-electron chi connectivity index (χ2n) is 9.60. The van der Waals surface area contributed by atoms with Gasteiger partial charge in [-0.3, -0.25) is 33.5 Å². The summed E-state index contributed by atoms with van der Waals surface area (Å²) in [6.45, 7) is 2.07. The Morgan fingerprint density at radius 1 is 0.591 bits per heavy atom. The average Bonchev–Trinajstić information content (AvgIpc) is 2.90. The fourth-order valence-corrected chi connectivity index (χ4v) is 4.62. The summed E-state index contributed by atoms with van der Waals surface area (Å²) < 4.78 is 25.6. The smallest absolute Gasteiger partial charge is 0.326 e. The Balaban J connectivity index is 4.38. The molecule has 2 unspecified atom stereocenters. The maximum absolute atomic E-state index is 12.2. The largest absolute Gasteiger partial charge is 0.481 e. The Labute approximate surface area is 254 Å². The molecule has 0 saturated heterocycles. The summed E-state index contributed by atoms with van der Waals surface area (Å²) in [7, 11) is -4.00. The Morgan fingerprint density at radius 2 is 1.07 bits per heavy atom. The van der Waals surface area contributed by atoms with Crippen LogP contribution in [0.2, 0.25) is 0 Å². The van der Waals surface area contributed by atoms with Gasteiger partial charge in [-0.05, 0) is 39.0 Å². The van der Waals surface area contributed by atoms with Crippen molar-refractivity contribution in [2.75, 3.05) is 18.8 Å². The molecule has 0 aromatic rings. The molecule has 0 spiro atoms. The van der Waals surface area contributed by atoms with Crippen molar-refractivity contribution in [3.05, 3.63) is 0 Å². The SMILES string of the molecule is CCNC(=O)CCC(NC(=O)CCC(NC(=O)CCCNC(=O)CCCS(=O)(=O)NC(=O)CCCC(=O)O)C(=O)O)C(=O)O. The van der Waals surface area contributed by atoms with Gasteiger partial charge >= 0.3 is 17.9 Å². The summed E-state index contributed by atoms with van der Waals surface area (Å²) in [6, 6.07) is -2.80. The molecule has 0 aromatic carbocycles. The Hall–Kier alpha value is -4.29. The zero-order chi connectivity index (χ0) is 33.7. The van der Waals surface area contributed by atoms with E-state index in [-0.39, 0.29) is 76.7 Å². The van der Waals surface area contributed by atoms with Gasteiger partial charge < -0.3 is 36.6 Å². The molecule has 0 fully saturated rings. The molecule has 0 aliphatic rings. The van der Waals surface area contributed by atoms with E-state index in [2.05, 4.69) is 21.3 Å². The van der Waals surface area contributed by atoms with Crippen LogP contribution in [-0.4, -0.2) is 102 Å². The van der Waals surface area contributed by atoms with Crippen molar-refractivity contribution >= 4 is 57.5 Å². The highest BCUT2D eigenvalue weighted by Gasteiger charge is 2.24. The van der Waals surface area contributed by atoms with Crippen LogP contribution in [0.3, 0.4) is 0 Å². The van der Waals surface area contributed by atoms with Crippen LogP contribution in [-0.2, 0) is 48.4 Å². The van der Waals surface area contributed by atoms with E-state index in [1.807, 2.05) is 0 Å². The van der Waals surface area contributed by atoms with Gasteiger partial charge in [-0.25, -0.2) is 18.0 Å². The van der Waals surface area contributed by atoms with Crippen LogP contribution in [0, 0.1) is 0 Å². The van der Waals surface area contributed by atoms with Gasteiger partial charge in [0.25, 0.3) is 0 Å². The molecular formula is C25H41N5O13S. The number of carboxylic acids is 3. The van der Waals surface area contributed by atoms with Crippen LogP contribution in [0.15, 0.2) is 0 Å². The molecule has 5 amide bonds. The highest BCUT2D eigenvalue weighted by Crippen LogP contribution is 2.04. The highest BCUT2D eigenvalue weighted by atomic mass is 32.2. The normalized spacial score (nSPS) is 12.2. The number of hydrogen-bond acceptors (Lipinski definition) is 10. The number of carbonyl (C=O) groups excluding carboxylic acids is 5. The van der Waals surface area contributed by atoms with Gasteiger partial charge in [0, 0.05) is 51.6 Å². The van der Waals surface area contributed by atoms with Gasteiger partial charge in [-0.2, -0.15) is 0 Å². The van der Waals surface area contributed by atoms with Crippen molar-refractivity contribution in [1.82, 2.24) is 26.0 Å². The first-order chi connectivity index (χ1) is 20.6. The number of sulfonamides is 1. The average molecular weight is 652 g/mol. The zero-order valence-corrected chi connectivity index (χ0v) is 25.2. The van der Waals surface area contributed by atoms with Gasteiger partial charge in [0.2, 0.25) is 39.6 Å². The lowest BCUT2D eigenvalue weighted by Gasteiger charge is -2.17. The lowest BCUT2D eigenvalue weighted by Crippen LogP contribution is -2.44. The van der Waals surface area contributed by atoms with Crippen LogP contribution >= 0.6 is 0 Å². The molecule has 0 saturated carbocycles. The molecule has 44 heavy (non-hydrogen) atoms. The molecule has 250 valence electrons. The predicted molar refractivity (Wildman–Crippen MR) is 151 cm³/mol. The Bertz CT molecular complexity index is 1140. The lowest BCUT2D eigenvalue weighted by molar-refractivity contribution is -0.143. The van der Waals surface area contributed by atoms with E-state index in [1.54, 1.807) is 11.6 Å². The number of nitrogens with one attached hydrogen (secondary N) is 5. The fraction of sp³-hybridized carbons (Fsp3) is 0.680. The standard InChI is InChI=1S/C25H41N5O13S/c1-2-26-19(32)12-10-16(24(38)39)29-21(34)13-11-17(25(40)41)28-20(33)7-4-14-27-18(31)8-5-15-44(42,43)30-22(35)6-3-9-23(36)37/h16-17H,2-15H2,1H3,(H,26,32)(H,27,31)(H,28,33)(H,29,34)(H,30,35)(H,36,37)(H,38,39)(H,40,41). The number of hydrogen-bond donors (Lipinski definition) is 8. The van der Waals surface area contributed by atoms with Crippen LogP contribution in [0.1, 0.15) is 77.6 Å². The molecule has 0 aliphatic heterocycles. The van der Waals surface area contributed by atoms with Gasteiger partial charge in [-0.1, -0.05) is 0 Å². The summed E-state index contributed by atoms with van der Waals surface area (Å²) in [4.78, 5) is 92.6. The van der Waals surface area contributed by atoms with E-state index < -0.39 is 75.8 Å². The molecule has 0 radical (unpaired) electrons. The van der Waals surface area contributed by atoms with Gasteiger partial charge in [-0.15, -0.1) is 0 Å². The van der Waals surface area contributed by atoms with E-state index in [9.17, 15) is 57.0 Å². The number of aliphatic carboxylic acids is 3. The van der Waals surface area contributed by atoms with Crippen molar-refractivity contribution in [3.8, 4) is 0 Å². The fourth-order valence-electron chi connectivity index (χ4n) is 3.55. The second kappa shape index (κ2) is 21.4. The minimum atomic E-state index is -4.00. The number of amides is 5. The molecule has 0 rings (SSSR count). The third-order valence-electron chi connectivity index (χ3n) is 5.74. The van der Waals surface area contributed by atoms with E-state index in [4.69, 9.17) is 5.11 Å². The van der Waals surface area contributed by atoms with Crippen LogP contribution < -0.4 is 26.0 Å². The molecule has 8 N–H and O–H groups in total. The number of carboxylic acid groups (broad SMARTS) is 3. The molecule has 2 atom stereocenters. The maximum Gasteiger partial charge on any atom is 0.326 e. The van der Waals surface area contributed by atoms with E-state index in [0.29, 0.717) is 6.54 Å². The summed E-state index contributed by atoms with van der Waals surface area (Å²) in [5, 5.41) is 36.6. The van der Waals surface area contributed by atoms with E-state index >= 15 is 0 Å². The quantitative estimate of drug-likeness (QED) is 0.0535. The topological polar surface area (TPSA) is 292 Å². The summed E-state index contributed by atoms with van der Waals surface area (Å²) in [5.41, 5.74) is 0. The molecule has 0 bridgehead atoms. The van der Waals surface area contributed by atoms with Crippen molar-refractivity contribution in [2.24, 2.45) is 0 Å². The Morgan fingerprint density at radius 3 is 1.59 bits per heavy atom. The minimum absolute atomic E-state index is 0.0202. The first-order valence-corrected chi connectivity index (χ1v) is 15.5. The van der Waals surface area contributed by atoms with Crippen molar-refractivity contribution < 1.29 is 62.1 Å². The minimum Gasteiger partial charge on any atom is -0.481 e. The maximum atomic E-state index is 12.2. The third-order valence-corrected chi connectivity index (χ3v) is 7.11. The molecule has 0 aromatic heterocycles. The predicted octanol–water partition coefficient (Wildman–Crippen LogP) is -1.80. The summed E-state index contributed by atoms with van der Waals surface area (Å²) in [6.07, 6.45) is -2.02.